The fourth-order valence-corrected chi connectivity index (χ4v) is 9.38. The van der Waals surface area contributed by atoms with Crippen LogP contribution in [0, 0.1) is 0 Å². The largest absolute Gasteiger partial charge is 0.456 e. The molecule has 0 N–H and O–H groups in total. The number of hydrogen-bond acceptors (Lipinski definition) is 2. The van der Waals surface area contributed by atoms with E-state index in [9.17, 15) is 0 Å². The van der Waals surface area contributed by atoms with Gasteiger partial charge in [0.2, 0.25) is 0 Å². The first-order valence-corrected chi connectivity index (χ1v) is 20.2. The zero-order valence-corrected chi connectivity index (χ0v) is 32.1. The van der Waals surface area contributed by atoms with Crippen LogP contribution in [-0.2, 0) is 0 Å². The molecule has 12 rings (SSSR count). The average molecular weight is 753 g/mol. The van der Waals surface area contributed by atoms with Crippen molar-refractivity contribution >= 4 is 82.4 Å². The Hall–Kier alpha value is -7.88. The Morgan fingerprint density at radius 1 is 0.356 bits per heavy atom. The lowest BCUT2D eigenvalue weighted by atomic mass is 9.93. The molecule has 0 atom stereocenters. The van der Waals surface area contributed by atoms with E-state index in [1.807, 2.05) is 6.07 Å². The van der Waals surface area contributed by atoms with Crippen molar-refractivity contribution < 1.29 is 4.42 Å². The lowest BCUT2D eigenvalue weighted by molar-refractivity contribution is 0.669. The van der Waals surface area contributed by atoms with Crippen molar-refractivity contribution in [3.05, 3.63) is 218 Å². The number of rotatable bonds is 6. The van der Waals surface area contributed by atoms with E-state index in [0.717, 1.165) is 55.8 Å². The molecule has 0 unspecified atom stereocenters. The van der Waals surface area contributed by atoms with Crippen LogP contribution in [0.25, 0.3) is 93.2 Å². The lowest BCUT2D eigenvalue weighted by Gasteiger charge is -2.29. The van der Waals surface area contributed by atoms with Gasteiger partial charge in [-0.25, -0.2) is 0 Å². The van der Waals surface area contributed by atoms with Crippen LogP contribution in [0.1, 0.15) is 0 Å². The smallest absolute Gasteiger partial charge is 0.136 e. The van der Waals surface area contributed by atoms with Gasteiger partial charge in [0.25, 0.3) is 0 Å². The number of para-hydroxylation sites is 4. The van der Waals surface area contributed by atoms with Crippen LogP contribution < -0.4 is 4.90 Å². The van der Waals surface area contributed by atoms with Crippen LogP contribution in [-0.4, -0.2) is 4.57 Å². The van der Waals surface area contributed by atoms with Gasteiger partial charge in [-0.1, -0.05) is 152 Å². The molecule has 59 heavy (non-hydrogen) atoms. The summed E-state index contributed by atoms with van der Waals surface area (Å²) in [5.41, 5.74) is 13.1. The Balaban J connectivity index is 1.08. The van der Waals surface area contributed by atoms with Crippen molar-refractivity contribution in [3.8, 4) is 27.9 Å². The van der Waals surface area contributed by atoms with Crippen molar-refractivity contribution in [1.29, 1.82) is 0 Å². The molecule has 0 radical (unpaired) electrons. The third kappa shape index (κ3) is 5.29. The van der Waals surface area contributed by atoms with Crippen LogP contribution in [0.5, 0.6) is 0 Å². The minimum Gasteiger partial charge on any atom is -0.456 e. The van der Waals surface area contributed by atoms with Gasteiger partial charge in [-0.3, -0.25) is 0 Å². The van der Waals surface area contributed by atoms with E-state index in [1.165, 1.54) is 54.5 Å². The summed E-state index contributed by atoms with van der Waals surface area (Å²) in [5.74, 6) is 0. The van der Waals surface area contributed by atoms with Gasteiger partial charge >= 0.3 is 0 Å². The number of benzene rings is 10. The number of aromatic nitrogens is 1. The molecule has 0 amide bonds. The van der Waals surface area contributed by atoms with E-state index in [2.05, 4.69) is 222 Å². The van der Waals surface area contributed by atoms with Gasteiger partial charge in [0.05, 0.1) is 16.7 Å². The maximum Gasteiger partial charge on any atom is 0.136 e. The van der Waals surface area contributed by atoms with E-state index in [1.54, 1.807) is 0 Å². The summed E-state index contributed by atoms with van der Waals surface area (Å²) >= 11 is 0. The highest BCUT2D eigenvalue weighted by atomic mass is 16.3. The summed E-state index contributed by atoms with van der Waals surface area (Å²) < 4.78 is 8.80. The maximum absolute atomic E-state index is 6.41. The van der Waals surface area contributed by atoms with Gasteiger partial charge < -0.3 is 13.9 Å². The van der Waals surface area contributed by atoms with Gasteiger partial charge in [-0.15, -0.1) is 0 Å². The van der Waals surface area contributed by atoms with E-state index in [4.69, 9.17) is 4.42 Å². The molecule has 0 aliphatic carbocycles. The number of hydrogen-bond donors (Lipinski definition) is 0. The molecule has 0 spiro atoms. The van der Waals surface area contributed by atoms with Gasteiger partial charge in [-0.2, -0.15) is 0 Å². The molecular formula is C56H36N2O. The van der Waals surface area contributed by atoms with Crippen molar-refractivity contribution in [2.24, 2.45) is 0 Å². The molecular weight excluding hydrogens is 717 g/mol. The summed E-state index contributed by atoms with van der Waals surface area (Å²) in [4.78, 5) is 2.41. The Kier molecular flexibility index (Phi) is 7.54. The Morgan fingerprint density at radius 2 is 0.949 bits per heavy atom. The number of nitrogens with zero attached hydrogens (tertiary/aromatic N) is 2. The van der Waals surface area contributed by atoms with E-state index >= 15 is 0 Å². The maximum atomic E-state index is 6.41. The van der Waals surface area contributed by atoms with E-state index in [-0.39, 0.29) is 0 Å². The summed E-state index contributed by atoms with van der Waals surface area (Å²) in [6, 6.07) is 78.8. The summed E-state index contributed by atoms with van der Waals surface area (Å²) in [5, 5.41) is 9.75. The normalized spacial score (nSPS) is 11.7. The molecule has 10 aromatic carbocycles. The molecule has 276 valence electrons. The number of anilines is 3. The second kappa shape index (κ2) is 13.4. The minimum atomic E-state index is 0.880. The summed E-state index contributed by atoms with van der Waals surface area (Å²) in [6.07, 6.45) is 0. The molecule has 0 bridgehead atoms. The fraction of sp³-hybridized carbons (Fsp3) is 0. The van der Waals surface area contributed by atoms with Crippen LogP contribution in [0.3, 0.4) is 0 Å². The van der Waals surface area contributed by atoms with Crippen LogP contribution in [0.15, 0.2) is 223 Å². The van der Waals surface area contributed by atoms with Crippen molar-refractivity contribution in [2.45, 2.75) is 0 Å². The zero-order valence-electron chi connectivity index (χ0n) is 32.1. The van der Waals surface area contributed by atoms with E-state index in [0.29, 0.717) is 0 Å². The molecule has 0 aliphatic rings. The molecule has 0 saturated carbocycles. The Labute approximate surface area is 341 Å². The minimum absolute atomic E-state index is 0.880. The van der Waals surface area contributed by atoms with Crippen LogP contribution >= 0.6 is 0 Å². The number of fused-ring (bicyclic) bond motifs is 9. The van der Waals surface area contributed by atoms with E-state index < -0.39 is 0 Å². The number of furan rings is 1. The van der Waals surface area contributed by atoms with Crippen molar-refractivity contribution in [3.63, 3.8) is 0 Å². The van der Waals surface area contributed by atoms with Gasteiger partial charge in [0, 0.05) is 44.2 Å². The van der Waals surface area contributed by atoms with Gasteiger partial charge in [0.1, 0.15) is 11.2 Å². The van der Waals surface area contributed by atoms with Gasteiger partial charge in [-0.05, 0) is 105 Å². The zero-order chi connectivity index (χ0) is 38.9. The second-order valence-corrected chi connectivity index (χ2v) is 15.3. The SMILES string of the molecule is c1cc(N(c2ccc(-c3cc4ccccc4c4ccccc34)cc2)c2ccccc2-c2cccc3oc4ccccc4c23)cc(-n2c3ccccc3c3ccccc32)c1. The average Bonchev–Trinajstić information content (AvgIpc) is 3.86. The second-order valence-electron chi connectivity index (χ2n) is 15.3. The Morgan fingerprint density at radius 3 is 1.75 bits per heavy atom. The first kappa shape index (κ1) is 33.3. The molecule has 2 heterocycles. The van der Waals surface area contributed by atoms with Crippen LogP contribution in [0.4, 0.5) is 17.1 Å². The van der Waals surface area contributed by atoms with Crippen LogP contribution in [0.2, 0.25) is 0 Å². The standard InChI is InChI=1S/C56H36N2O/c1-2-18-42-38(15-1)35-50(44-20-4-3-19-43(42)44)37-31-33-39(34-32-37)57(40-16-13-17-41(36-40)58-52-27-10-5-21-45(52)46-22-6-11-28-53(46)58)51-26-9-7-23-47(51)48-25-14-30-55-56(48)49-24-8-12-29-54(49)59-55/h1-36H. The molecule has 2 aromatic heterocycles. The first-order chi connectivity index (χ1) is 29.3. The monoisotopic (exact) mass is 752 g/mol. The quantitative estimate of drug-likeness (QED) is 0.158. The van der Waals surface area contributed by atoms with Crippen molar-refractivity contribution in [2.75, 3.05) is 4.90 Å². The molecule has 0 saturated heterocycles. The third-order valence-electron chi connectivity index (χ3n) is 12.0. The molecule has 12 aromatic rings. The topological polar surface area (TPSA) is 21.3 Å². The van der Waals surface area contributed by atoms with Gasteiger partial charge in [0.15, 0.2) is 0 Å². The highest BCUT2D eigenvalue weighted by Gasteiger charge is 2.22. The molecule has 3 nitrogen and oxygen atoms in total. The molecule has 0 fully saturated rings. The summed E-state index contributed by atoms with van der Waals surface area (Å²) in [6.45, 7) is 0. The lowest BCUT2D eigenvalue weighted by Crippen LogP contribution is -2.12. The highest BCUT2D eigenvalue weighted by molar-refractivity contribution is 6.15. The predicted octanol–water partition coefficient (Wildman–Crippen LogP) is 15.8. The first-order valence-electron chi connectivity index (χ1n) is 20.2. The molecule has 3 heteroatoms. The van der Waals surface area contributed by atoms with Crippen molar-refractivity contribution in [1.82, 2.24) is 4.57 Å². The fourth-order valence-electron chi connectivity index (χ4n) is 9.38. The predicted molar refractivity (Wildman–Crippen MR) is 249 cm³/mol. The summed E-state index contributed by atoms with van der Waals surface area (Å²) in [7, 11) is 0. The third-order valence-corrected chi connectivity index (χ3v) is 12.0. The molecule has 0 aliphatic heterocycles. The highest BCUT2D eigenvalue weighted by Crippen LogP contribution is 2.46. The Bertz CT molecular complexity index is 3520.